The highest BCUT2D eigenvalue weighted by Gasteiger charge is 2.18. The maximum atomic E-state index is 11.1. The molecule has 0 radical (unpaired) electrons. The van der Waals surface area contributed by atoms with Gasteiger partial charge in [0.15, 0.2) is 5.75 Å². The lowest BCUT2D eigenvalue weighted by molar-refractivity contribution is -0.112. The van der Waals surface area contributed by atoms with Crippen LogP contribution in [0.4, 0.5) is 0 Å². The van der Waals surface area contributed by atoms with E-state index >= 15 is 0 Å². The van der Waals surface area contributed by atoms with Gasteiger partial charge in [-0.2, -0.15) is 0 Å². The van der Waals surface area contributed by atoms with Gasteiger partial charge in [-0.25, -0.2) is 10.2 Å². The van der Waals surface area contributed by atoms with E-state index in [2.05, 4.69) is 10.5 Å². The quantitative estimate of drug-likeness (QED) is 0.847. The number of hydrazine groups is 1. The summed E-state index contributed by atoms with van der Waals surface area (Å²) in [6.45, 7) is 0. The summed E-state index contributed by atoms with van der Waals surface area (Å²) in [5, 5.41) is 14.0. The van der Waals surface area contributed by atoms with Crippen molar-refractivity contribution >= 4 is 11.9 Å². The van der Waals surface area contributed by atoms with Gasteiger partial charge < -0.3 is 19.4 Å². The average molecular weight is 279 g/mol. The Kier molecular flexibility index (Phi) is 3.94. The summed E-state index contributed by atoms with van der Waals surface area (Å²) in [7, 11) is 2.90. The van der Waals surface area contributed by atoms with Crippen molar-refractivity contribution in [3.05, 3.63) is 41.8 Å². The molecule has 0 atom stereocenters. The van der Waals surface area contributed by atoms with E-state index in [1.165, 1.54) is 32.4 Å². The third-order valence-electron chi connectivity index (χ3n) is 2.38. The summed E-state index contributed by atoms with van der Waals surface area (Å²) < 4.78 is 10.0. The Balaban J connectivity index is 2.21. The zero-order chi connectivity index (χ0) is 14.5. The first-order valence-corrected chi connectivity index (χ1v) is 5.59. The molecule has 8 heteroatoms. The summed E-state index contributed by atoms with van der Waals surface area (Å²) in [5.41, 5.74) is 2.68. The van der Waals surface area contributed by atoms with E-state index in [9.17, 15) is 4.79 Å². The molecule has 0 aromatic heterocycles. The minimum absolute atomic E-state index is 0.0111. The lowest BCUT2D eigenvalue weighted by Gasteiger charge is -2.24. The monoisotopic (exact) mass is 279 g/mol. The number of para-hydroxylation sites is 1. The summed E-state index contributed by atoms with van der Waals surface area (Å²) in [6, 6.07) is 6.19. The van der Waals surface area contributed by atoms with Crippen LogP contribution in [-0.4, -0.2) is 36.5 Å². The molecular weight excluding hydrogens is 266 g/mol. The summed E-state index contributed by atoms with van der Waals surface area (Å²) >= 11 is 0. The van der Waals surface area contributed by atoms with E-state index in [0.717, 1.165) is 5.28 Å². The molecule has 1 aromatic rings. The molecule has 0 unspecified atom stereocenters. The van der Waals surface area contributed by atoms with Crippen LogP contribution in [0, 0.1) is 0 Å². The number of carbonyl (C=O) groups is 1. The third kappa shape index (κ3) is 2.91. The van der Waals surface area contributed by atoms with Crippen molar-refractivity contribution in [3.63, 3.8) is 0 Å². The topological polar surface area (TPSA) is 92.6 Å². The molecule has 1 aliphatic heterocycles. The first-order valence-electron chi connectivity index (χ1n) is 5.59. The summed E-state index contributed by atoms with van der Waals surface area (Å²) in [4.78, 5) is 16.5. The van der Waals surface area contributed by atoms with Gasteiger partial charge in [0.25, 0.3) is 0 Å². The highest BCUT2D eigenvalue weighted by molar-refractivity contribution is 5.90. The fourth-order valence-corrected chi connectivity index (χ4v) is 1.45. The van der Waals surface area contributed by atoms with Gasteiger partial charge in [0, 0.05) is 0 Å². The maximum Gasteiger partial charge on any atom is 0.339 e. The van der Waals surface area contributed by atoms with Gasteiger partial charge in [-0.05, 0) is 17.4 Å². The van der Waals surface area contributed by atoms with Crippen LogP contribution < -0.4 is 10.3 Å². The van der Waals surface area contributed by atoms with E-state index in [1.54, 1.807) is 12.1 Å². The molecule has 0 saturated heterocycles. The molecule has 0 amide bonds. The van der Waals surface area contributed by atoms with Crippen LogP contribution >= 0.6 is 0 Å². The molecule has 8 nitrogen and oxygen atoms in total. The predicted octanol–water partition coefficient (Wildman–Crippen LogP) is 0.946. The normalized spacial score (nSPS) is 13.8. The lowest BCUT2D eigenvalue weighted by Crippen LogP contribution is -2.40. The Hall–Kier alpha value is -2.90. The summed E-state index contributed by atoms with van der Waals surface area (Å²) in [6.07, 6.45) is 1.52. The fourth-order valence-electron chi connectivity index (χ4n) is 1.45. The highest BCUT2D eigenvalue weighted by atomic mass is 16.7. The number of carboxylic acids is 1. The van der Waals surface area contributed by atoms with E-state index in [-0.39, 0.29) is 17.2 Å². The fraction of sp³-hybridized carbons (Fsp3) is 0.167. The molecule has 0 bridgehead atoms. The number of nitrogens with one attached hydrogen (secondary N) is 1. The van der Waals surface area contributed by atoms with Crippen LogP contribution in [0.1, 0.15) is 10.4 Å². The van der Waals surface area contributed by atoms with E-state index < -0.39 is 5.97 Å². The minimum atomic E-state index is -1.10. The Bertz CT molecular complexity index is 570. The van der Waals surface area contributed by atoms with Crippen molar-refractivity contribution in [3.8, 4) is 5.75 Å². The summed E-state index contributed by atoms with van der Waals surface area (Å²) in [5.74, 6) is -0.391. The van der Waals surface area contributed by atoms with E-state index in [4.69, 9.17) is 19.4 Å². The van der Waals surface area contributed by atoms with Crippen molar-refractivity contribution in [2.24, 2.45) is 5.10 Å². The Morgan fingerprint density at radius 2 is 2.05 bits per heavy atom. The molecular formula is C12H13N3O5. The molecule has 0 saturated carbocycles. The molecule has 106 valence electrons. The van der Waals surface area contributed by atoms with Gasteiger partial charge in [0.2, 0.25) is 11.8 Å². The molecule has 1 aromatic carbocycles. The predicted molar refractivity (Wildman–Crippen MR) is 68.5 cm³/mol. The molecule has 0 aliphatic carbocycles. The minimum Gasteiger partial charge on any atom is -0.481 e. The van der Waals surface area contributed by atoms with Gasteiger partial charge in [-0.15, -0.1) is 0 Å². The molecule has 2 rings (SSSR count). The lowest BCUT2D eigenvalue weighted by atomic mass is 10.2. The number of carboxylic acid groups (broad SMARTS) is 1. The van der Waals surface area contributed by atoms with Crippen LogP contribution in [0.2, 0.25) is 0 Å². The maximum absolute atomic E-state index is 11.1. The number of aromatic carboxylic acids is 1. The number of rotatable bonds is 4. The molecule has 0 fully saturated rings. The smallest absolute Gasteiger partial charge is 0.339 e. The van der Waals surface area contributed by atoms with Crippen LogP contribution in [0.3, 0.4) is 0 Å². The highest BCUT2D eigenvalue weighted by Crippen LogP contribution is 2.19. The van der Waals surface area contributed by atoms with Crippen molar-refractivity contribution in [1.82, 2.24) is 10.7 Å². The van der Waals surface area contributed by atoms with E-state index in [0.29, 0.717) is 5.88 Å². The number of methoxy groups -OCH3 is 2. The average Bonchev–Trinajstić information content (AvgIpc) is 2.47. The van der Waals surface area contributed by atoms with Crippen LogP contribution in [0.15, 0.2) is 41.3 Å². The number of hydrogen-bond donors (Lipinski definition) is 2. The van der Waals surface area contributed by atoms with Gasteiger partial charge in [-0.1, -0.05) is 17.2 Å². The number of hydrogen-bond acceptors (Lipinski definition) is 7. The van der Waals surface area contributed by atoms with Crippen molar-refractivity contribution in [2.45, 2.75) is 0 Å². The number of benzene rings is 1. The van der Waals surface area contributed by atoms with Gasteiger partial charge in [0.05, 0.1) is 20.3 Å². The van der Waals surface area contributed by atoms with E-state index in [1.807, 2.05) is 0 Å². The Morgan fingerprint density at radius 3 is 2.70 bits per heavy atom. The number of ether oxygens (including phenoxy) is 2. The second-order valence-electron chi connectivity index (χ2n) is 3.63. The Morgan fingerprint density at radius 1 is 1.30 bits per heavy atom. The zero-order valence-electron chi connectivity index (χ0n) is 10.9. The second kappa shape index (κ2) is 5.83. The Labute approximate surface area is 114 Å². The van der Waals surface area contributed by atoms with Crippen molar-refractivity contribution in [1.29, 1.82) is 0 Å². The zero-order valence-corrected chi connectivity index (χ0v) is 10.9. The standard InChI is InChI=1S/C12H13N3O5/c1-18-10-7-11(19-2)14-15(13-10)20-9-6-4-3-5-8(9)12(16)17/h3-7,13H,1-2H3,(H,16,17). The SMILES string of the molecule is COC1=CC(OC)=NN(Oc2ccccc2C(=O)O)N1. The van der Waals surface area contributed by atoms with Crippen LogP contribution in [0.25, 0.3) is 0 Å². The first kappa shape index (κ1) is 13.5. The van der Waals surface area contributed by atoms with Gasteiger partial charge in [0.1, 0.15) is 5.56 Å². The van der Waals surface area contributed by atoms with Crippen LogP contribution in [-0.2, 0) is 9.47 Å². The molecule has 20 heavy (non-hydrogen) atoms. The van der Waals surface area contributed by atoms with Crippen molar-refractivity contribution < 1.29 is 24.2 Å². The molecule has 2 N–H and O–H groups in total. The van der Waals surface area contributed by atoms with Gasteiger partial charge in [-0.3, -0.25) is 0 Å². The third-order valence-corrected chi connectivity index (χ3v) is 2.38. The number of hydrazone groups is 1. The largest absolute Gasteiger partial charge is 0.481 e. The molecule has 1 heterocycles. The molecule has 0 spiro atoms. The van der Waals surface area contributed by atoms with Gasteiger partial charge >= 0.3 is 5.97 Å². The molecule has 1 aliphatic rings. The van der Waals surface area contributed by atoms with Crippen LogP contribution in [0.5, 0.6) is 5.75 Å². The van der Waals surface area contributed by atoms with Crippen molar-refractivity contribution in [2.75, 3.05) is 14.2 Å². The second-order valence-corrected chi connectivity index (χ2v) is 3.63. The number of nitrogens with zero attached hydrogens (tertiary/aromatic N) is 2. The first-order chi connectivity index (χ1) is 9.63.